The molecule has 0 heterocycles. The molecule has 0 amide bonds. The van der Waals surface area contributed by atoms with Gasteiger partial charge in [0.1, 0.15) is 5.84 Å². The van der Waals surface area contributed by atoms with Crippen LogP contribution in [0.2, 0.25) is 0 Å². The van der Waals surface area contributed by atoms with E-state index in [1.54, 1.807) is 12.1 Å². The van der Waals surface area contributed by atoms with Crippen LogP contribution in [-0.2, 0) is 11.3 Å². The number of benzene rings is 2. The van der Waals surface area contributed by atoms with Crippen LogP contribution >= 0.6 is 0 Å². The molecule has 6 nitrogen and oxygen atoms in total. The van der Waals surface area contributed by atoms with Crippen molar-refractivity contribution in [1.82, 2.24) is 0 Å². The molecule has 0 aromatic heterocycles. The Kier molecular flexibility index (Phi) is 5.57. The van der Waals surface area contributed by atoms with E-state index < -0.39 is 5.97 Å². The normalized spacial score (nSPS) is 11.0. The fourth-order valence-corrected chi connectivity index (χ4v) is 1.95. The maximum absolute atomic E-state index is 12.0. The Balaban J connectivity index is 2.02. The minimum atomic E-state index is -0.623. The minimum absolute atomic E-state index is 0.213. The number of rotatable bonds is 6. The first-order valence-corrected chi connectivity index (χ1v) is 6.93. The molecule has 2 aromatic rings. The zero-order valence-electron chi connectivity index (χ0n) is 13.0. The summed E-state index contributed by atoms with van der Waals surface area (Å²) in [5.41, 5.74) is 7.03. The average Bonchev–Trinajstić information content (AvgIpc) is 2.59. The van der Waals surface area contributed by atoms with E-state index in [9.17, 15) is 4.79 Å². The number of ether oxygens (including phenoxy) is 2. The number of hydrogen-bond donors (Lipinski definition) is 1. The fraction of sp³-hybridized carbons (Fsp3) is 0.176. The van der Waals surface area contributed by atoms with Gasteiger partial charge in [0.25, 0.3) is 0 Å². The maximum Gasteiger partial charge on any atom is 0.365 e. The number of hydrogen-bond acceptors (Lipinski definition) is 5. The Bertz CT molecular complexity index is 699. The summed E-state index contributed by atoms with van der Waals surface area (Å²) in [5, 5.41) is 3.67. The highest BCUT2D eigenvalue weighted by Crippen LogP contribution is 2.27. The molecule has 0 spiro atoms. The summed E-state index contributed by atoms with van der Waals surface area (Å²) in [6.07, 6.45) is 0.403. The number of amidine groups is 1. The van der Waals surface area contributed by atoms with E-state index >= 15 is 0 Å². The first kappa shape index (κ1) is 16.4. The molecule has 0 aliphatic heterocycles. The summed E-state index contributed by atoms with van der Waals surface area (Å²) in [7, 11) is 3.01. The van der Waals surface area contributed by atoms with Crippen molar-refractivity contribution < 1.29 is 19.1 Å². The molecular weight excluding hydrogens is 296 g/mol. The molecule has 2 rings (SSSR count). The molecule has 0 fully saturated rings. The van der Waals surface area contributed by atoms with E-state index in [-0.39, 0.29) is 5.84 Å². The molecule has 0 aliphatic carbocycles. The number of carbonyl (C=O) groups excluding carboxylic acids is 1. The minimum Gasteiger partial charge on any atom is -0.493 e. The third-order valence-corrected chi connectivity index (χ3v) is 3.09. The summed E-state index contributed by atoms with van der Waals surface area (Å²) in [5.74, 6) is 0.548. The third-order valence-electron chi connectivity index (χ3n) is 3.09. The number of nitrogens with zero attached hydrogens (tertiary/aromatic N) is 1. The first-order chi connectivity index (χ1) is 11.1. The van der Waals surface area contributed by atoms with E-state index in [0.29, 0.717) is 23.5 Å². The van der Waals surface area contributed by atoms with Crippen LogP contribution in [0.1, 0.15) is 15.9 Å². The fourth-order valence-electron chi connectivity index (χ4n) is 1.95. The summed E-state index contributed by atoms with van der Waals surface area (Å²) < 4.78 is 10.2. The maximum atomic E-state index is 12.0. The zero-order chi connectivity index (χ0) is 16.7. The molecule has 0 saturated heterocycles. The van der Waals surface area contributed by atoms with Gasteiger partial charge < -0.3 is 20.0 Å². The second-order valence-corrected chi connectivity index (χ2v) is 4.69. The molecule has 0 aliphatic rings. The van der Waals surface area contributed by atoms with Crippen LogP contribution in [0, 0.1) is 0 Å². The van der Waals surface area contributed by atoms with Crippen molar-refractivity contribution in [2.45, 2.75) is 6.42 Å². The molecule has 0 bridgehead atoms. The van der Waals surface area contributed by atoms with Crippen LogP contribution in [0.25, 0.3) is 0 Å². The summed E-state index contributed by atoms with van der Waals surface area (Å²) in [6, 6.07) is 14.2. The topological polar surface area (TPSA) is 83.1 Å². The molecule has 0 atom stereocenters. The van der Waals surface area contributed by atoms with Gasteiger partial charge in [0.05, 0.1) is 19.8 Å². The highest BCUT2D eigenvalue weighted by molar-refractivity contribution is 5.91. The monoisotopic (exact) mass is 314 g/mol. The van der Waals surface area contributed by atoms with Crippen molar-refractivity contribution in [2.75, 3.05) is 14.2 Å². The summed E-state index contributed by atoms with van der Waals surface area (Å²) in [6.45, 7) is 0. The van der Waals surface area contributed by atoms with Gasteiger partial charge in [-0.15, -0.1) is 0 Å². The van der Waals surface area contributed by atoms with Gasteiger partial charge in [-0.05, 0) is 23.8 Å². The molecule has 2 aromatic carbocycles. The lowest BCUT2D eigenvalue weighted by molar-refractivity contribution is 0.0514. The largest absolute Gasteiger partial charge is 0.493 e. The van der Waals surface area contributed by atoms with Crippen molar-refractivity contribution in [3.05, 3.63) is 59.7 Å². The van der Waals surface area contributed by atoms with Crippen LogP contribution in [0.5, 0.6) is 11.5 Å². The van der Waals surface area contributed by atoms with Crippen LogP contribution in [0.4, 0.5) is 0 Å². The quantitative estimate of drug-likeness (QED) is 0.383. The molecule has 120 valence electrons. The molecule has 0 saturated carbocycles. The lowest BCUT2D eigenvalue weighted by atomic mass is 10.1. The number of oxime groups is 1. The predicted octanol–water partition coefficient (Wildman–Crippen LogP) is 2.38. The van der Waals surface area contributed by atoms with Crippen LogP contribution in [-0.4, -0.2) is 26.0 Å². The number of carbonyl (C=O) groups is 1. The second-order valence-electron chi connectivity index (χ2n) is 4.69. The smallest absolute Gasteiger partial charge is 0.365 e. The Hall–Kier alpha value is -3.02. The van der Waals surface area contributed by atoms with Crippen LogP contribution < -0.4 is 15.2 Å². The third kappa shape index (κ3) is 4.47. The van der Waals surface area contributed by atoms with Gasteiger partial charge in [0, 0.05) is 6.42 Å². The van der Waals surface area contributed by atoms with Crippen LogP contribution in [0.3, 0.4) is 0 Å². The van der Waals surface area contributed by atoms with Gasteiger partial charge in [-0.3, -0.25) is 0 Å². The van der Waals surface area contributed by atoms with E-state index in [1.165, 1.54) is 20.3 Å². The Morgan fingerprint density at radius 3 is 2.39 bits per heavy atom. The van der Waals surface area contributed by atoms with Crippen molar-refractivity contribution in [1.29, 1.82) is 0 Å². The SMILES string of the molecule is COc1ccc(C(=O)O/N=C(/N)Cc2ccccc2)cc1OC. The van der Waals surface area contributed by atoms with Crippen molar-refractivity contribution in [3.63, 3.8) is 0 Å². The first-order valence-electron chi connectivity index (χ1n) is 6.93. The highest BCUT2D eigenvalue weighted by Gasteiger charge is 2.12. The van der Waals surface area contributed by atoms with Gasteiger partial charge in [0.2, 0.25) is 0 Å². The van der Waals surface area contributed by atoms with Gasteiger partial charge in [-0.25, -0.2) is 4.79 Å². The molecule has 6 heteroatoms. The molecule has 0 unspecified atom stereocenters. The van der Waals surface area contributed by atoms with E-state index in [1.807, 2.05) is 30.3 Å². The zero-order valence-corrected chi connectivity index (χ0v) is 13.0. The van der Waals surface area contributed by atoms with Crippen molar-refractivity contribution in [3.8, 4) is 11.5 Å². The Labute approximate surface area is 134 Å². The second kappa shape index (κ2) is 7.84. The van der Waals surface area contributed by atoms with Crippen molar-refractivity contribution in [2.24, 2.45) is 10.9 Å². The summed E-state index contributed by atoms with van der Waals surface area (Å²) in [4.78, 5) is 16.9. The standard InChI is InChI=1S/C17H18N2O4/c1-21-14-9-8-13(11-15(14)22-2)17(20)23-19-16(18)10-12-6-4-3-5-7-12/h3-9,11H,10H2,1-2H3,(H2,18,19). The van der Waals surface area contributed by atoms with Crippen LogP contribution in [0.15, 0.2) is 53.7 Å². The van der Waals surface area contributed by atoms with Crippen molar-refractivity contribution >= 4 is 11.8 Å². The lowest BCUT2D eigenvalue weighted by Crippen LogP contribution is -2.16. The van der Waals surface area contributed by atoms with E-state index in [0.717, 1.165) is 5.56 Å². The van der Waals surface area contributed by atoms with E-state index in [4.69, 9.17) is 20.0 Å². The van der Waals surface area contributed by atoms with E-state index in [2.05, 4.69) is 5.16 Å². The molecular formula is C17H18N2O4. The Morgan fingerprint density at radius 2 is 1.74 bits per heavy atom. The Morgan fingerprint density at radius 1 is 1.04 bits per heavy atom. The summed E-state index contributed by atoms with van der Waals surface area (Å²) >= 11 is 0. The lowest BCUT2D eigenvalue weighted by Gasteiger charge is -2.08. The predicted molar refractivity (Wildman–Crippen MR) is 86.7 cm³/mol. The number of methoxy groups -OCH3 is 2. The highest BCUT2D eigenvalue weighted by atomic mass is 16.7. The van der Waals surface area contributed by atoms with Gasteiger partial charge in [0.15, 0.2) is 11.5 Å². The molecule has 2 N–H and O–H groups in total. The van der Waals surface area contributed by atoms with Gasteiger partial charge >= 0.3 is 5.97 Å². The van der Waals surface area contributed by atoms with Gasteiger partial charge in [-0.2, -0.15) is 0 Å². The average molecular weight is 314 g/mol. The van der Waals surface area contributed by atoms with Gasteiger partial charge in [-0.1, -0.05) is 35.5 Å². The molecule has 23 heavy (non-hydrogen) atoms. The molecule has 0 radical (unpaired) electrons. The number of nitrogens with two attached hydrogens (primary N) is 1.